The summed E-state index contributed by atoms with van der Waals surface area (Å²) in [6, 6.07) is 9.48. The molecule has 0 N–H and O–H groups in total. The van der Waals surface area contributed by atoms with Crippen molar-refractivity contribution in [3.05, 3.63) is 63.6 Å². The minimum absolute atomic E-state index is 0.0565. The maximum atomic E-state index is 12.7. The lowest BCUT2D eigenvalue weighted by Crippen LogP contribution is -2.09. The predicted molar refractivity (Wildman–Crippen MR) is 81.3 cm³/mol. The van der Waals surface area contributed by atoms with Gasteiger partial charge in [-0.3, -0.25) is 0 Å². The van der Waals surface area contributed by atoms with Crippen LogP contribution in [0.25, 0.3) is 0 Å². The molecule has 0 aromatic heterocycles. The number of benzene rings is 2. The van der Waals surface area contributed by atoms with Crippen LogP contribution in [-0.4, -0.2) is 13.1 Å². The third-order valence-corrected chi connectivity index (χ3v) is 3.53. The number of methoxy groups -OCH3 is 1. The minimum atomic E-state index is -4.44. The van der Waals surface area contributed by atoms with Gasteiger partial charge in [-0.2, -0.15) is 13.2 Å². The number of esters is 1. The largest absolute Gasteiger partial charge is 0.489 e. The molecule has 0 spiro atoms. The number of carbonyl (C=O) groups is 1. The van der Waals surface area contributed by atoms with E-state index in [-0.39, 0.29) is 17.9 Å². The van der Waals surface area contributed by atoms with E-state index in [0.717, 1.165) is 12.1 Å². The summed E-state index contributed by atoms with van der Waals surface area (Å²) < 4.78 is 48.8. The van der Waals surface area contributed by atoms with Gasteiger partial charge in [0.05, 0.1) is 18.2 Å². The zero-order chi connectivity index (χ0) is 17.0. The van der Waals surface area contributed by atoms with Crippen molar-refractivity contribution in [1.82, 2.24) is 0 Å². The summed E-state index contributed by atoms with van der Waals surface area (Å²) in [5.74, 6) is -0.479. The van der Waals surface area contributed by atoms with E-state index in [1.54, 1.807) is 18.2 Å². The van der Waals surface area contributed by atoms with E-state index in [2.05, 4.69) is 20.7 Å². The number of hydrogen-bond donors (Lipinski definition) is 0. The summed E-state index contributed by atoms with van der Waals surface area (Å²) >= 11 is 3.25. The Morgan fingerprint density at radius 3 is 2.57 bits per heavy atom. The number of hydrogen-bond acceptors (Lipinski definition) is 3. The quantitative estimate of drug-likeness (QED) is 0.703. The summed E-state index contributed by atoms with van der Waals surface area (Å²) in [4.78, 5) is 11.7. The normalized spacial score (nSPS) is 11.2. The molecule has 122 valence electrons. The van der Waals surface area contributed by atoms with Crippen LogP contribution < -0.4 is 4.74 Å². The predicted octanol–water partition coefficient (Wildman–Crippen LogP) is 4.83. The van der Waals surface area contributed by atoms with Crippen LogP contribution in [-0.2, 0) is 17.5 Å². The van der Waals surface area contributed by atoms with Crippen molar-refractivity contribution in [2.24, 2.45) is 0 Å². The number of alkyl halides is 3. The van der Waals surface area contributed by atoms with Gasteiger partial charge in [-0.05, 0) is 30.3 Å². The van der Waals surface area contributed by atoms with E-state index in [1.165, 1.54) is 19.2 Å². The molecule has 0 amide bonds. The van der Waals surface area contributed by atoms with Crippen LogP contribution in [0.1, 0.15) is 21.5 Å². The van der Waals surface area contributed by atoms with Gasteiger partial charge in [-0.25, -0.2) is 4.79 Å². The van der Waals surface area contributed by atoms with Crippen LogP contribution in [0, 0.1) is 0 Å². The third kappa shape index (κ3) is 4.48. The third-order valence-electron chi connectivity index (χ3n) is 3.03. The highest BCUT2D eigenvalue weighted by Crippen LogP contribution is 2.31. The molecule has 0 saturated carbocycles. The van der Waals surface area contributed by atoms with Gasteiger partial charge in [0.1, 0.15) is 12.4 Å². The molecule has 0 bridgehead atoms. The van der Waals surface area contributed by atoms with Crippen LogP contribution in [0.5, 0.6) is 5.75 Å². The van der Waals surface area contributed by atoms with Crippen molar-refractivity contribution in [2.45, 2.75) is 12.8 Å². The first-order valence-corrected chi connectivity index (χ1v) is 7.27. The molecule has 0 aliphatic rings. The van der Waals surface area contributed by atoms with Crippen LogP contribution in [0.15, 0.2) is 46.9 Å². The lowest BCUT2D eigenvalue weighted by Gasteiger charge is -2.12. The molecule has 0 saturated heterocycles. The van der Waals surface area contributed by atoms with Gasteiger partial charge in [0.15, 0.2) is 0 Å². The van der Waals surface area contributed by atoms with Gasteiger partial charge in [-0.1, -0.05) is 28.1 Å². The van der Waals surface area contributed by atoms with Gasteiger partial charge < -0.3 is 9.47 Å². The lowest BCUT2D eigenvalue weighted by molar-refractivity contribution is -0.137. The summed E-state index contributed by atoms with van der Waals surface area (Å²) in [6.07, 6.45) is -4.44. The molecule has 7 heteroatoms. The molecule has 0 heterocycles. The maximum absolute atomic E-state index is 12.7. The molecule has 3 nitrogen and oxygen atoms in total. The summed E-state index contributed by atoms with van der Waals surface area (Å²) in [7, 11) is 1.25. The fourth-order valence-corrected chi connectivity index (χ4v) is 2.26. The Labute approximate surface area is 139 Å². The van der Waals surface area contributed by atoms with Crippen LogP contribution in [0.3, 0.4) is 0 Å². The maximum Gasteiger partial charge on any atom is 0.416 e. The molecule has 0 atom stereocenters. The Hall–Kier alpha value is -2.02. The zero-order valence-corrected chi connectivity index (χ0v) is 13.6. The standard InChI is InChI=1S/C16H12BrF3O3/c1-22-15(21)14-8-12(17)6-5-10(14)9-23-13-4-2-3-11(7-13)16(18,19)20/h2-8H,9H2,1H3. The summed E-state index contributed by atoms with van der Waals surface area (Å²) in [5, 5.41) is 0. The van der Waals surface area contributed by atoms with Crippen molar-refractivity contribution in [3.8, 4) is 5.75 Å². The molecule has 0 radical (unpaired) electrons. The number of halogens is 4. The molecule has 23 heavy (non-hydrogen) atoms. The first-order valence-electron chi connectivity index (χ1n) is 6.48. The Kier molecular flexibility index (Phi) is 5.30. The fourth-order valence-electron chi connectivity index (χ4n) is 1.90. The molecular weight excluding hydrogens is 377 g/mol. The van der Waals surface area contributed by atoms with Crippen molar-refractivity contribution in [3.63, 3.8) is 0 Å². The highest BCUT2D eigenvalue weighted by atomic mass is 79.9. The molecule has 0 aliphatic carbocycles. The van der Waals surface area contributed by atoms with E-state index in [9.17, 15) is 18.0 Å². The second kappa shape index (κ2) is 7.04. The molecule has 2 aromatic rings. The van der Waals surface area contributed by atoms with Crippen LogP contribution in [0.2, 0.25) is 0 Å². The van der Waals surface area contributed by atoms with Crippen molar-refractivity contribution >= 4 is 21.9 Å². The zero-order valence-electron chi connectivity index (χ0n) is 12.0. The highest BCUT2D eigenvalue weighted by Gasteiger charge is 2.30. The van der Waals surface area contributed by atoms with E-state index < -0.39 is 17.7 Å². The molecule has 0 fully saturated rings. The smallest absolute Gasteiger partial charge is 0.416 e. The Bertz CT molecular complexity index is 714. The van der Waals surface area contributed by atoms with Gasteiger partial charge in [-0.15, -0.1) is 0 Å². The molecular formula is C16H12BrF3O3. The van der Waals surface area contributed by atoms with E-state index >= 15 is 0 Å². The monoisotopic (exact) mass is 388 g/mol. The SMILES string of the molecule is COC(=O)c1cc(Br)ccc1COc1cccc(C(F)(F)F)c1. The lowest BCUT2D eigenvalue weighted by atomic mass is 10.1. The topological polar surface area (TPSA) is 35.5 Å². The van der Waals surface area contributed by atoms with Gasteiger partial charge in [0, 0.05) is 10.0 Å². The van der Waals surface area contributed by atoms with Gasteiger partial charge in [0.2, 0.25) is 0 Å². The Balaban J connectivity index is 2.20. The molecule has 0 unspecified atom stereocenters. The van der Waals surface area contributed by atoms with Crippen LogP contribution in [0.4, 0.5) is 13.2 Å². The Morgan fingerprint density at radius 1 is 1.17 bits per heavy atom. The van der Waals surface area contributed by atoms with E-state index in [4.69, 9.17) is 4.74 Å². The molecule has 0 aliphatic heterocycles. The van der Waals surface area contributed by atoms with Crippen molar-refractivity contribution in [1.29, 1.82) is 0 Å². The summed E-state index contributed by atoms with van der Waals surface area (Å²) in [6.45, 7) is -0.0565. The minimum Gasteiger partial charge on any atom is -0.489 e. The van der Waals surface area contributed by atoms with E-state index in [1.807, 2.05) is 0 Å². The summed E-state index contributed by atoms with van der Waals surface area (Å²) in [5.41, 5.74) is 0.00492. The van der Waals surface area contributed by atoms with Gasteiger partial charge >= 0.3 is 12.1 Å². The Morgan fingerprint density at radius 2 is 1.91 bits per heavy atom. The highest BCUT2D eigenvalue weighted by molar-refractivity contribution is 9.10. The first kappa shape index (κ1) is 17.3. The fraction of sp³-hybridized carbons (Fsp3) is 0.188. The van der Waals surface area contributed by atoms with Crippen molar-refractivity contribution in [2.75, 3.05) is 7.11 Å². The number of ether oxygens (including phenoxy) is 2. The number of carbonyl (C=O) groups excluding carboxylic acids is 1. The molecule has 2 rings (SSSR count). The van der Waals surface area contributed by atoms with Crippen LogP contribution >= 0.6 is 15.9 Å². The first-order chi connectivity index (χ1) is 10.8. The van der Waals surface area contributed by atoms with E-state index in [0.29, 0.717) is 10.0 Å². The average molecular weight is 389 g/mol. The molecule has 2 aromatic carbocycles. The number of rotatable bonds is 4. The second-order valence-electron chi connectivity index (χ2n) is 4.61. The van der Waals surface area contributed by atoms with Crippen molar-refractivity contribution < 1.29 is 27.4 Å². The second-order valence-corrected chi connectivity index (χ2v) is 5.52. The van der Waals surface area contributed by atoms with Gasteiger partial charge in [0.25, 0.3) is 0 Å². The average Bonchev–Trinajstić information content (AvgIpc) is 2.52.